The Kier molecular flexibility index (Phi) is 3.40. The van der Waals surface area contributed by atoms with Crippen LogP contribution in [0.5, 0.6) is 5.75 Å². The maximum Gasteiger partial charge on any atom is 0.366 e. The summed E-state index contributed by atoms with van der Waals surface area (Å²) in [5.74, 6) is -0.895. The van der Waals surface area contributed by atoms with Gasteiger partial charge in [0.15, 0.2) is 18.1 Å². The maximum absolute atomic E-state index is 13.0. The van der Waals surface area contributed by atoms with E-state index in [0.29, 0.717) is 11.3 Å². The fourth-order valence-corrected chi connectivity index (χ4v) is 3.17. The standard InChI is InChI=1S/C18H14FN3O3/c1-21-9-22-15(18(21)25)16(23)14-13(17(22)24)7-11(8-20-14)6-10-2-4-12(19)5-3-10/h2-5,7-8,23H,6,9H2,1H3/p+1. The average molecular weight is 340 g/mol. The van der Waals surface area contributed by atoms with E-state index in [9.17, 15) is 19.1 Å². The Hall–Kier alpha value is -3.06. The maximum atomic E-state index is 13.0. The first kappa shape index (κ1) is 15.5. The Bertz CT molecular complexity index is 1070. The molecule has 25 heavy (non-hydrogen) atoms. The number of hydrogen-bond donors (Lipinski definition) is 2. The molecule has 0 aliphatic carbocycles. The zero-order valence-corrected chi connectivity index (χ0v) is 13.4. The molecule has 0 fully saturated rings. The van der Waals surface area contributed by atoms with Gasteiger partial charge < -0.3 is 5.11 Å². The van der Waals surface area contributed by atoms with Crippen molar-refractivity contribution in [3.05, 3.63) is 69.5 Å². The Balaban J connectivity index is 1.84. The Labute approximate surface area is 141 Å². The third-order valence-corrected chi connectivity index (χ3v) is 4.46. The monoisotopic (exact) mass is 340 g/mol. The zero-order chi connectivity index (χ0) is 17.7. The number of quaternary nitrogens is 1. The Morgan fingerprint density at radius 3 is 2.68 bits per heavy atom. The van der Waals surface area contributed by atoms with Crippen molar-refractivity contribution in [2.24, 2.45) is 0 Å². The molecule has 2 aromatic heterocycles. The molecular weight excluding hydrogens is 325 g/mol. The molecule has 3 aromatic rings. The quantitative estimate of drug-likeness (QED) is 0.711. The first-order valence-corrected chi connectivity index (χ1v) is 7.81. The molecule has 1 aliphatic heterocycles. The summed E-state index contributed by atoms with van der Waals surface area (Å²) in [5.41, 5.74) is 1.44. The number of carbonyl (C=O) groups excluding carboxylic acids is 1. The highest BCUT2D eigenvalue weighted by Crippen LogP contribution is 2.26. The van der Waals surface area contributed by atoms with Gasteiger partial charge in [0.25, 0.3) is 5.56 Å². The van der Waals surface area contributed by atoms with Gasteiger partial charge in [0.05, 0.1) is 12.4 Å². The number of benzene rings is 1. The zero-order valence-electron chi connectivity index (χ0n) is 13.4. The third-order valence-electron chi connectivity index (χ3n) is 4.46. The van der Waals surface area contributed by atoms with Gasteiger partial charge in [-0.1, -0.05) is 12.1 Å². The lowest BCUT2D eigenvalue weighted by Crippen LogP contribution is -3.08. The first-order chi connectivity index (χ1) is 12.0. The van der Waals surface area contributed by atoms with Crippen molar-refractivity contribution in [3.8, 4) is 5.75 Å². The second-order valence-corrected chi connectivity index (χ2v) is 6.24. The molecule has 0 saturated carbocycles. The predicted molar refractivity (Wildman–Crippen MR) is 88.1 cm³/mol. The van der Waals surface area contributed by atoms with E-state index >= 15 is 0 Å². The number of fused-ring (bicyclic) bond motifs is 2. The molecule has 0 saturated heterocycles. The number of amides is 1. The van der Waals surface area contributed by atoms with E-state index < -0.39 is 0 Å². The molecule has 3 heterocycles. The summed E-state index contributed by atoms with van der Waals surface area (Å²) in [5, 5.41) is 10.7. The van der Waals surface area contributed by atoms with Crippen molar-refractivity contribution >= 4 is 16.8 Å². The van der Waals surface area contributed by atoms with E-state index in [1.807, 2.05) is 0 Å². The lowest BCUT2D eigenvalue weighted by Gasteiger charge is -2.07. The van der Waals surface area contributed by atoms with Crippen LogP contribution in [0, 0.1) is 5.82 Å². The van der Waals surface area contributed by atoms with Crippen LogP contribution in [0.1, 0.15) is 21.6 Å². The van der Waals surface area contributed by atoms with Crippen molar-refractivity contribution in [2.45, 2.75) is 13.1 Å². The number of nitrogens with zero attached hydrogens (tertiary/aromatic N) is 2. The molecular formula is C18H15FN3O3+. The summed E-state index contributed by atoms with van der Waals surface area (Å²) in [4.78, 5) is 29.5. The van der Waals surface area contributed by atoms with Crippen molar-refractivity contribution in [3.63, 3.8) is 0 Å². The summed E-state index contributed by atoms with van der Waals surface area (Å²) >= 11 is 0. The number of aromatic nitrogens is 2. The van der Waals surface area contributed by atoms with E-state index in [1.165, 1.54) is 16.7 Å². The van der Waals surface area contributed by atoms with Gasteiger partial charge in [-0.25, -0.2) is 13.8 Å². The minimum Gasteiger partial charge on any atom is -0.504 e. The molecule has 126 valence electrons. The normalized spacial score (nSPS) is 16.4. The van der Waals surface area contributed by atoms with Gasteiger partial charge in [-0.3, -0.25) is 14.7 Å². The van der Waals surface area contributed by atoms with Crippen LogP contribution in [0.4, 0.5) is 4.39 Å². The van der Waals surface area contributed by atoms with Crippen molar-refractivity contribution in [1.82, 2.24) is 9.55 Å². The van der Waals surface area contributed by atoms with Gasteiger partial charge in [0, 0.05) is 6.20 Å². The van der Waals surface area contributed by atoms with E-state index in [-0.39, 0.29) is 46.3 Å². The molecule has 7 heteroatoms. The summed E-state index contributed by atoms with van der Waals surface area (Å²) in [6, 6.07) is 7.76. The third kappa shape index (κ3) is 2.40. The van der Waals surface area contributed by atoms with Crippen LogP contribution in [-0.2, 0) is 13.1 Å². The molecule has 0 radical (unpaired) electrons. The number of carbonyl (C=O) groups is 1. The molecule has 1 aromatic carbocycles. The van der Waals surface area contributed by atoms with Crippen LogP contribution in [0.25, 0.3) is 10.9 Å². The molecule has 1 unspecified atom stereocenters. The summed E-state index contributed by atoms with van der Waals surface area (Å²) in [6.07, 6.45) is 2.03. The second-order valence-electron chi connectivity index (χ2n) is 6.24. The lowest BCUT2D eigenvalue weighted by molar-refractivity contribution is -0.809. The number of aromatic hydroxyl groups is 1. The average Bonchev–Trinajstić information content (AvgIpc) is 2.90. The number of halogens is 1. The highest BCUT2D eigenvalue weighted by Gasteiger charge is 2.35. The Morgan fingerprint density at radius 1 is 1.24 bits per heavy atom. The summed E-state index contributed by atoms with van der Waals surface area (Å²) < 4.78 is 14.3. The van der Waals surface area contributed by atoms with Crippen LogP contribution < -0.4 is 10.5 Å². The highest BCUT2D eigenvalue weighted by molar-refractivity contribution is 5.97. The van der Waals surface area contributed by atoms with Gasteiger partial charge in [0.1, 0.15) is 11.3 Å². The molecule has 0 bridgehead atoms. The summed E-state index contributed by atoms with van der Waals surface area (Å²) in [7, 11) is 1.65. The van der Waals surface area contributed by atoms with Crippen LogP contribution >= 0.6 is 0 Å². The predicted octanol–water partition coefficient (Wildman–Crippen LogP) is 0.458. The first-order valence-electron chi connectivity index (χ1n) is 7.81. The van der Waals surface area contributed by atoms with Gasteiger partial charge in [-0.15, -0.1) is 0 Å². The minimum absolute atomic E-state index is 0.00813. The van der Waals surface area contributed by atoms with E-state index in [0.717, 1.165) is 11.1 Å². The Morgan fingerprint density at radius 2 is 1.96 bits per heavy atom. The number of hydrogen-bond acceptors (Lipinski definition) is 4. The van der Waals surface area contributed by atoms with E-state index in [2.05, 4.69) is 4.98 Å². The largest absolute Gasteiger partial charge is 0.504 e. The van der Waals surface area contributed by atoms with Crippen LogP contribution in [0.15, 0.2) is 41.3 Å². The number of pyridine rings is 2. The molecule has 4 rings (SSSR count). The van der Waals surface area contributed by atoms with Gasteiger partial charge in [-0.05, 0) is 35.7 Å². The van der Waals surface area contributed by atoms with Gasteiger partial charge in [0.2, 0.25) is 0 Å². The number of rotatable bonds is 2. The van der Waals surface area contributed by atoms with E-state index in [4.69, 9.17) is 0 Å². The lowest BCUT2D eigenvalue weighted by atomic mass is 10.0. The fourth-order valence-electron chi connectivity index (χ4n) is 3.17. The smallest absolute Gasteiger partial charge is 0.366 e. The summed E-state index contributed by atoms with van der Waals surface area (Å²) in [6.45, 7) is 0.179. The highest BCUT2D eigenvalue weighted by atomic mass is 19.1. The molecule has 1 amide bonds. The second kappa shape index (κ2) is 5.49. The topological polar surface area (TPSA) is 76.6 Å². The fraction of sp³-hybridized carbons (Fsp3) is 0.167. The van der Waals surface area contributed by atoms with Gasteiger partial charge >= 0.3 is 5.91 Å². The van der Waals surface area contributed by atoms with Crippen molar-refractivity contribution in [1.29, 1.82) is 0 Å². The SMILES string of the molecule is C[NH+]1Cn2c(c(O)c3ncc(Cc4ccc(F)cc4)cc3c2=O)C1=O. The van der Waals surface area contributed by atoms with Crippen LogP contribution in [-0.4, -0.2) is 27.6 Å². The minimum atomic E-state index is -0.346. The molecule has 0 spiro atoms. The molecule has 6 nitrogen and oxygen atoms in total. The van der Waals surface area contributed by atoms with Crippen LogP contribution in [0.3, 0.4) is 0 Å². The van der Waals surface area contributed by atoms with E-state index in [1.54, 1.807) is 31.4 Å². The molecule has 1 atom stereocenters. The number of nitrogens with one attached hydrogen (secondary N) is 1. The molecule has 1 aliphatic rings. The van der Waals surface area contributed by atoms with Crippen molar-refractivity contribution < 1.29 is 19.2 Å². The van der Waals surface area contributed by atoms with Crippen LogP contribution in [0.2, 0.25) is 0 Å². The molecule has 2 N–H and O–H groups in total. The van der Waals surface area contributed by atoms with Crippen molar-refractivity contribution in [2.75, 3.05) is 7.05 Å². The van der Waals surface area contributed by atoms with Gasteiger partial charge in [-0.2, -0.15) is 0 Å².